The molecule has 2 saturated heterocycles. The van der Waals surface area contributed by atoms with E-state index < -0.39 is 0 Å². The van der Waals surface area contributed by atoms with E-state index in [1.54, 1.807) is 0 Å². The van der Waals surface area contributed by atoms with E-state index >= 15 is 0 Å². The predicted octanol–water partition coefficient (Wildman–Crippen LogP) is 2.90. The third-order valence-corrected chi connectivity index (χ3v) is 6.83. The van der Waals surface area contributed by atoms with Crippen LogP contribution in [0.5, 0.6) is 0 Å². The van der Waals surface area contributed by atoms with Gasteiger partial charge < -0.3 is 15.4 Å². The number of guanidine groups is 1. The molecule has 1 aliphatic carbocycles. The first-order valence-corrected chi connectivity index (χ1v) is 11.1. The quantitative estimate of drug-likeness (QED) is 0.533. The van der Waals surface area contributed by atoms with E-state index in [0.717, 1.165) is 38.7 Å². The highest BCUT2D eigenvalue weighted by Crippen LogP contribution is 2.50. The van der Waals surface area contributed by atoms with Crippen molar-refractivity contribution in [3.8, 4) is 0 Å². The standard InChI is InChI=1S/C21H31BrN4O/c1-2-23-20(24-12-17-13-26-11-5-6-16(26)14-27-17)25-15-21(9-10-21)18-7-3-4-8-19(18)22/h3-4,7-8,16-17H,2,5-6,9-15H2,1H3,(H2,23,24,25). The van der Waals surface area contributed by atoms with Gasteiger partial charge in [-0.3, -0.25) is 9.89 Å². The summed E-state index contributed by atoms with van der Waals surface area (Å²) >= 11 is 3.71. The van der Waals surface area contributed by atoms with Crippen molar-refractivity contribution in [1.29, 1.82) is 0 Å². The number of nitrogens with zero attached hydrogens (tertiary/aromatic N) is 2. The minimum atomic E-state index is 0.201. The van der Waals surface area contributed by atoms with Gasteiger partial charge in [-0.05, 0) is 50.8 Å². The highest BCUT2D eigenvalue weighted by molar-refractivity contribution is 9.10. The molecule has 2 atom stereocenters. The molecule has 1 aromatic rings. The second-order valence-electron chi connectivity index (χ2n) is 8.08. The Morgan fingerprint density at radius 3 is 2.96 bits per heavy atom. The molecule has 6 heteroatoms. The molecule has 148 valence electrons. The summed E-state index contributed by atoms with van der Waals surface area (Å²) in [5.74, 6) is 0.906. The molecule has 0 aromatic heterocycles. The SMILES string of the molecule is CCNC(=NCC1(c2ccccc2Br)CC1)NCC1CN2CCCC2CO1. The summed E-state index contributed by atoms with van der Waals surface area (Å²) in [4.78, 5) is 7.51. The van der Waals surface area contributed by atoms with E-state index in [-0.39, 0.29) is 11.5 Å². The Morgan fingerprint density at radius 1 is 1.33 bits per heavy atom. The van der Waals surface area contributed by atoms with Crippen LogP contribution in [0.3, 0.4) is 0 Å². The van der Waals surface area contributed by atoms with E-state index in [4.69, 9.17) is 9.73 Å². The van der Waals surface area contributed by atoms with E-state index in [9.17, 15) is 0 Å². The van der Waals surface area contributed by atoms with Gasteiger partial charge in [0, 0.05) is 35.6 Å². The number of rotatable bonds is 6. The molecule has 3 aliphatic rings. The Bertz CT molecular complexity index is 676. The first-order chi connectivity index (χ1) is 13.2. The van der Waals surface area contributed by atoms with Gasteiger partial charge in [-0.25, -0.2) is 0 Å². The maximum atomic E-state index is 6.07. The lowest BCUT2D eigenvalue weighted by Gasteiger charge is -2.35. The summed E-state index contributed by atoms with van der Waals surface area (Å²) in [6, 6.07) is 9.22. The van der Waals surface area contributed by atoms with Crippen LogP contribution < -0.4 is 10.6 Å². The molecule has 2 aliphatic heterocycles. The number of hydrogen-bond acceptors (Lipinski definition) is 3. The smallest absolute Gasteiger partial charge is 0.191 e. The lowest BCUT2D eigenvalue weighted by Crippen LogP contribution is -2.51. The van der Waals surface area contributed by atoms with Crippen LogP contribution in [0.1, 0.15) is 38.2 Å². The molecule has 2 N–H and O–H groups in total. The fraction of sp³-hybridized carbons (Fsp3) is 0.667. The lowest BCUT2D eigenvalue weighted by atomic mass is 9.96. The zero-order valence-electron chi connectivity index (χ0n) is 16.2. The van der Waals surface area contributed by atoms with E-state index in [2.05, 4.69) is 62.7 Å². The van der Waals surface area contributed by atoms with Crippen LogP contribution in [0.15, 0.2) is 33.7 Å². The molecule has 2 unspecified atom stereocenters. The number of benzene rings is 1. The minimum absolute atomic E-state index is 0.201. The molecular weight excluding hydrogens is 404 g/mol. The third-order valence-electron chi connectivity index (χ3n) is 6.14. The highest BCUT2D eigenvalue weighted by Gasteiger charge is 2.45. The van der Waals surface area contributed by atoms with E-state index in [1.165, 1.54) is 42.3 Å². The van der Waals surface area contributed by atoms with Gasteiger partial charge in [-0.15, -0.1) is 0 Å². The first kappa shape index (κ1) is 19.2. The highest BCUT2D eigenvalue weighted by atomic mass is 79.9. The number of nitrogens with one attached hydrogen (secondary N) is 2. The predicted molar refractivity (Wildman–Crippen MR) is 113 cm³/mol. The topological polar surface area (TPSA) is 48.9 Å². The molecule has 0 radical (unpaired) electrons. The fourth-order valence-electron chi connectivity index (χ4n) is 4.35. The summed E-state index contributed by atoms with van der Waals surface area (Å²) in [5, 5.41) is 6.91. The number of morpholine rings is 1. The van der Waals surface area contributed by atoms with Crippen LogP contribution in [0.4, 0.5) is 0 Å². The summed E-state index contributed by atoms with van der Waals surface area (Å²) in [7, 11) is 0. The molecule has 1 saturated carbocycles. The summed E-state index contributed by atoms with van der Waals surface area (Å²) < 4.78 is 7.27. The molecule has 0 amide bonds. The molecule has 4 rings (SSSR count). The summed E-state index contributed by atoms with van der Waals surface area (Å²) in [6.07, 6.45) is 5.28. The van der Waals surface area contributed by atoms with Crippen molar-refractivity contribution < 1.29 is 4.74 Å². The molecule has 27 heavy (non-hydrogen) atoms. The van der Waals surface area contributed by atoms with Crippen molar-refractivity contribution in [2.75, 3.05) is 39.3 Å². The Kier molecular flexibility index (Phi) is 6.05. The number of fused-ring (bicyclic) bond motifs is 1. The number of halogens is 1. The molecular formula is C21H31BrN4O. The van der Waals surface area contributed by atoms with Crippen molar-refractivity contribution in [2.45, 2.75) is 50.2 Å². The van der Waals surface area contributed by atoms with Gasteiger partial charge in [-0.2, -0.15) is 0 Å². The van der Waals surface area contributed by atoms with Crippen LogP contribution in [-0.2, 0) is 10.2 Å². The molecule has 5 nitrogen and oxygen atoms in total. The zero-order chi connectivity index (χ0) is 18.7. The molecule has 1 aromatic carbocycles. The van der Waals surface area contributed by atoms with Crippen molar-refractivity contribution in [3.63, 3.8) is 0 Å². The van der Waals surface area contributed by atoms with Gasteiger partial charge in [0.2, 0.25) is 0 Å². The average molecular weight is 435 g/mol. The maximum Gasteiger partial charge on any atom is 0.191 e. The van der Waals surface area contributed by atoms with Crippen molar-refractivity contribution >= 4 is 21.9 Å². The van der Waals surface area contributed by atoms with E-state index in [0.29, 0.717) is 6.04 Å². The van der Waals surface area contributed by atoms with E-state index in [1.807, 2.05) is 0 Å². The first-order valence-electron chi connectivity index (χ1n) is 10.3. The van der Waals surface area contributed by atoms with Gasteiger partial charge >= 0.3 is 0 Å². The van der Waals surface area contributed by atoms with Crippen molar-refractivity contribution in [1.82, 2.24) is 15.5 Å². The number of hydrogen-bond donors (Lipinski definition) is 2. The van der Waals surface area contributed by atoms with Gasteiger partial charge in [0.25, 0.3) is 0 Å². The van der Waals surface area contributed by atoms with Crippen LogP contribution in [0.25, 0.3) is 0 Å². The Hall–Kier alpha value is -1.11. The van der Waals surface area contributed by atoms with Crippen molar-refractivity contribution in [3.05, 3.63) is 34.3 Å². The average Bonchev–Trinajstić information content (AvgIpc) is 3.32. The Labute approximate surface area is 171 Å². The second kappa shape index (κ2) is 8.50. The largest absolute Gasteiger partial charge is 0.373 e. The zero-order valence-corrected chi connectivity index (χ0v) is 17.8. The van der Waals surface area contributed by atoms with Gasteiger partial charge in [0.15, 0.2) is 5.96 Å². The number of aliphatic imine (C=N–C) groups is 1. The van der Waals surface area contributed by atoms with Gasteiger partial charge in [0.1, 0.15) is 0 Å². The monoisotopic (exact) mass is 434 g/mol. The second-order valence-corrected chi connectivity index (χ2v) is 8.94. The third kappa shape index (κ3) is 4.49. The van der Waals surface area contributed by atoms with Crippen LogP contribution in [-0.4, -0.2) is 62.3 Å². The molecule has 0 bridgehead atoms. The Balaban J connectivity index is 1.34. The van der Waals surface area contributed by atoms with Crippen LogP contribution in [0.2, 0.25) is 0 Å². The normalized spacial score (nSPS) is 27.3. The summed E-state index contributed by atoms with van der Waals surface area (Å²) in [6.45, 7) is 7.77. The minimum Gasteiger partial charge on any atom is -0.373 e. The molecule has 2 heterocycles. The number of ether oxygens (including phenoxy) is 1. The molecule has 3 fully saturated rings. The van der Waals surface area contributed by atoms with Crippen LogP contribution in [0, 0.1) is 0 Å². The van der Waals surface area contributed by atoms with Crippen molar-refractivity contribution in [2.24, 2.45) is 4.99 Å². The Morgan fingerprint density at radius 2 is 2.19 bits per heavy atom. The van der Waals surface area contributed by atoms with Crippen LogP contribution >= 0.6 is 15.9 Å². The maximum absolute atomic E-state index is 6.07. The fourth-order valence-corrected chi connectivity index (χ4v) is 5.05. The van der Waals surface area contributed by atoms with Gasteiger partial charge in [-0.1, -0.05) is 34.1 Å². The van der Waals surface area contributed by atoms with Gasteiger partial charge in [0.05, 0.1) is 19.3 Å². The molecule has 0 spiro atoms. The lowest BCUT2D eigenvalue weighted by molar-refractivity contribution is -0.0453. The summed E-state index contributed by atoms with van der Waals surface area (Å²) in [5.41, 5.74) is 1.59.